The molecule has 4 rings (SSSR count). The fraction of sp³-hybridized carbons (Fsp3) is 0.841. The van der Waals surface area contributed by atoms with E-state index in [2.05, 4.69) is 31.4 Å². The van der Waals surface area contributed by atoms with Gasteiger partial charge in [0.15, 0.2) is 0 Å². The smallest absolute Gasteiger partial charge is 0.317 e. The van der Waals surface area contributed by atoms with E-state index < -0.39 is 61.9 Å². The van der Waals surface area contributed by atoms with Gasteiger partial charge in [0.2, 0.25) is 11.8 Å². The van der Waals surface area contributed by atoms with Gasteiger partial charge in [-0.1, -0.05) is 27.2 Å². The Morgan fingerprint density at radius 3 is 1.75 bits per heavy atom. The van der Waals surface area contributed by atoms with Crippen molar-refractivity contribution in [3.05, 3.63) is 0 Å². The minimum atomic E-state index is -1.23. The number of nitrogens with zero attached hydrogens (tertiary/aromatic N) is 3. The van der Waals surface area contributed by atoms with E-state index in [9.17, 15) is 48.9 Å². The average molecular weight is 864 g/mol. The van der Waals surface area contributed by atoms with Gasteiger partial charge in [0.1, 0.15) is 0 Å². The van der Waals surface area contributed by atoms with Crippen LogP contribution in [0, 0.1) is 46.3 Å². The van der Waals surface area contributed by atoms with Crippen molar-refractivity contribution < 1.29 is 59.1 Å². The number of carbonyl (C=O) groups is 7. The number of nitrogens with one attached hydrogen (secondary N) is 2. The van der Waals surface area contributed by atoms with Crippen molar-refractivity contribution in [2.45, 2.75) is 123 Å². The number of carboxylic acid groups (broad SMARTS) is 5. The van der Waals surface area contributed by atoms with Crippen molar-refractivity contribution in [2.75, 3.05) is 65.4 Å². The molecule has 4 fully saturated rings. The standard InChI is InChI=1S/C44H73N5O12/c1-29(8-13-38(52)53)33-11-12-34-32-10-9-30-23-31(14-16-43(30,2)35(32)15-17-44(33,34)3)46-36(50)7-5-4-6-18-45-37(51)24-48(26-40(56)57)21-19-47(25-39(54)55)20-22-49(27-41(58)59)28-42(60)61/h29-35H,4-28H2,1-3H3,(H,45,51)(H,46,50)(H,52,53)(H,54,55)(H,56,57)(H,58,59)(H,60,61)/t29?,30-,31?,32?,33?,34?,35?,43+,44-/m1/s1. The van der Waals surface area contributed by atoms with Gasteiger partial charge in [-0.2, -0.15) is 0 Å². The lowest BCUT2D eigenvalue weighted by Gasteiger charge is -2.61. The Balaban J connectivity index is 1.14. The number of aliphatic carboxylic acids is 5. The summed E-state index contributed by atoms with van der Waals surface area (Å²) >= 11 is 0. The maximum Gasteiger partial charge on any atom is 0.317 e. The Bertz CT molecular complexity index is 1530. The molecule has 17 heteroatoms. The van der Waals surface area contributed by atoms with Gasteiger partial charge >= 0.3 is 29.8 Å². The molecule has 0 aliphatic heterocycles. The maximum absolute atomic E-state index is 13.0. The van der Waals surface area contributed by atoms with Crippen LogP contribution < -0.4 is 10.6 Å². The number of hydrogen-bond acceptors (Lipinski definition) is 10. The summed E-state index contributed by atoms with van der Waals surface area (Å²) < 4.78 is 0. The number of fused-ring (bicyclic) bond motifs is 5. The maximum atomic E-state index is 13.0. The average Bonchev–Trinajstić information content (AvgIpc) is 3.52. The molecular weight excluding hydrogens is 791 g/mol. The molecule has 0 bridgehead atoms. The van der Waals surface area contributed by atoms with Crippen molar-refractivity contribution >= 4 is 41.7 Å². The highest BCUT2D eigenvalue weighted by Crippen LogP contribution is 2.68. The summed E-state index contributed by atoms with van der Waals surface area (Å²) in [4.78, 5) is 86.2. The Morgan fingerprint density at radius 2 is 1.15 bits per heavy atom. The van der Waals surface area contributed by atoms with Gasteiger partial charge in [-0.05, 0) is 123 Å². The van der Waals surface area contributed by atoms with Crippen LogP contribution in [0.25, 0.3) is 0 Å². The molecule has 2 amide bonds. The van der Waals surface area contributed by atoms with Crippen LogP contribution in [0.4, 0.5) is 0 Å². The first kappa shape index (κ1) is 49.8. The van der Waals surface area contributed by atoms with Crippen molar-refractivity contribution in [1.82, 2.24) is 25.3 Å². The third kappa shape index (κ3) is 14.6. The first-order valence-electron chi connectivity index (χ1n) is 22.6. The van der Waals surface area contributed by atoms with Gasteiger partial charge in [0.25, 0.3) is 0 Å². The fourth-order valence-corrected chi connectivity index (χ4v) is 12.3. The van der Waals surface area contributed by atoms with E-state index in [1.165, 1.54) is 48.3 Å². The number of carbonyl (C=O) groups excluding carboxylic acids is 2. The highest BCUT2D eigenvalue weighted by Gasteiger charge is 2.60. The molecule has 346 valence electrons. The summed E-state index contributed by atoms with van der Waals surface area (Å²) in [5.41, 5.74) is 0.607. The molecule has 4 saturated carbocycles. The second kappa shape index (κ2) is 23.0. The normalized spacial score (nSPS) is 28.7. The van der Waals surface area contributed by atoms with Crippen molar-refractivity contribution in [3.8, 4) is 0 Å². The van der Waals surface area contributed by atoms with Crippen LogP contribution in [0.1, 0.15) is 117 Å². The van der Waals surface area contributed by atoms with Gasteiger partial charge in [-0.15, -0.1) is 0 Å². The van der Waals surface area contributed by atoms with E-state index in [4.69, 9.17) is 10.2 Å². The Morgan fingerprint density at radius 1 is 0.590 bits per heavy atom. The van der Waals surface area contributed by atoms with Crippen LogP contribution in [-0.2, 0) is 33.6 Å². The van der Waals surface area contributed by atoms with Crippen molar-refractivity contribution in [3.63, 3.8) is 0 Å². The summed E-state index contributed by atoms with van der Waals surface area (Å²) in [5, 5.41) is 52.3. The van der Waals surface area contributed by atoms with Crippen LogP contribution in [0.2, 0.25) is 0 Å². The third-order valence-electron chi connectivity index (χ3n) is 15.3. The first-order chi connectivity index (χ1) is 28.8. The summed E-state index contributed by atoms with van der Waals surface area (Å²) in [5.74, 6) is -1.99. The fourth-order valence-electron chi connectivity index (χ4n) is 12.3. The van der Waals surface area contributed by atoms with E-state index in [0.29, 0.717) is 54.4 Å². The number of rotatable bonds is 27. The molecule has 9 atom stereocenters. The van der Waals surface area contributed by atoms with Gasteiger partial charge in [0.05, 0.1) is 32.7 Å². The van der Waals surface area contributed by atoms with Crippen molar-refractivity contribution in [2.24, 2.45) is 46.3 Å². The van der Waals surface area contributed by atoms with Gasteiger partial charge in [-0.3, -0.25) is 48.3 Å². The summed E-state index contributed by atoms with van der Waals surface area (Å²) in [6, 6.07) is 0.190. The molecule has 4 aliphatic carbocycles. The largest absolute Gasteiger partial charge is 0.481 e. The van der Waals surface area contributed by atoms with Crippen LogP contribution in [0.5, 0.6) is 0 Å². The molecule has 0 heterocycles. The van der Waals surface area contributed by atoms with E-state index in [1.807, 2.05) is 0 Å². The monoisotopic (exact) mass is 864 g/mol. The van der Waals surface area contributed by atoms with Crippen molar-refractivity contribution in [1.29, 1.82) is 0 Å². The number of carboxylic acids is 5. The Labute approximate surface area is 360 Å². The zero-order valence-corrected chi connectivity index (χ0v) is 36.7. The molecule has 0 radical (unpaired) electrons. The minimum absolute atomic E-state index is 0.0148. The molecular formula is C44H73N5O12. The minimum Gasteiger partial charge on any atom is -0.481 e. The van der Waals surface area contributed by atoms with Gasteiger partial charge < -0.3 is 36.2 Å². The number of unbranched alkanes of at least 4 members (excludes halogenated alkanes) is 2. The molecule has 0 spiro atoms. The zero-order chi connectivity index (χ0) is 44.9. The van der Waals surface area contributed by atoms with Gasteiger partial charge in [-0.25, -0.2) is 0 Å². The topological polar surface area (TPSA) is 254 Å². The second-order valence-electron chi connectivity index (χ2n) is 19.3. The predicted octanol–water partition coefficient (Wildman–Crippen LogP) is 3.55. The first-order valence-corrected chi connectivity index (χ1v) is 22.6. The molecule has 17 nitrogen and oxygen atoms in total. The van der Waals surface area contributed by atoms with Crippen LogP contribution >= 0.6 is 0 Å². The highest BCUT2D eigenvalue weighted by molar-refractivity contribution is 5.79. The van der Waals surface area contributed by atoms with E-state index in [-0.39, 0.29) is 51.1 Å². The third-order valence-corrected chi connectivity index (χ3v) is 15.3. The lowest BCUT2D eigenvalue weighted by atomic mass is 9.44. The lowest BCUT2D eigenvalue weighted by Crippen LogP contribution is -2.55. The molecule has 0 aromatic rings. The zero-order valence-electron chi connectivity index (χ0n) is 36.7. The van der Waals surface area contributed by atoms with Gasteiger partial charge in [0, 0.05) is 51.6 Å². The lowest BCUT2D eigenvalue weighted by molar-refractivity contribution is -0.143. The summed E-state index contributed by atoms with van der Waals surface area (Å²) in [6.07, 6.45) is 14.1. The Kier molecular flexibility index (Phi) is 18.8. The molecule has 0 aromatic carbocycles. The number of amides is 2. The molecule has 4 aliphatic rings. The molecule has 0 aromatic heterocycles. The predicted molar refractivity (Wildman–Crippen MR) is 225 cm³/mol. The second-order valence-corrected chi connectivity index (χ2v) is 19.3. The SMILES string of the molecule is CC(CCC(=O)O)C1CCC2C3CC[C@@H]4CC(NC(=O)CCCCCNC(=O)CN(CCN(CCN(CC(=O)O)CC(=O)O)CC(=O)O)CC(=O)O)CC[C@]4(C)C3CC[C@]12C. The molecule has 61 heavy (non-hydrogen) atoms. The van der Waals surface area contributed by atoms with Crippen LogP contribution in [-0.4, -0.2) is 153 Å². The van der Waals surface area contributed by atoms with E-state index in [1.54, 1.807) is 0 Å². The summed E-state index contributed by atoms with van der Waals surface area (Å²) in [7, 11) is 0. The highest BCUT2D eigenvalue weighted by atomic mass is 16.4. The molecule has 7 N–H and O–H groups in total. The summed E-state index contributed by atoms with van der Waals surface area (Å²) in [6.45, 7) is 5.49. The molecule has 0 saturated heterocycles. The number of hydrogen-bond donors (Lipinski definition) is 7. The van der Waals surface area contributed by atoms with E-state index >= 15 is 0 Å². The van der Waals surface area contributed by atoms with E-state index in [0.717, 1.165) is 54.8 Å². The molecule has 6 unspecified atom stereocenters. The quantitative estimate of drug-likeness (QED) is 0.0583. The van der Waals surface area contributed by atoms with Crippen LogP contribution in [0.3, 0.4) is 0 Å². The Hall–Kier alpha value is -3.83. The van der Waals surface area contributed by atoms with Crippen LogP contribution in [0.15, 0.2) is 0 Å².